The third-order valence-corrected chi connectivity index (χ3v) is 1.62. The van der Waals surface area contributed by atoms with Crippen molar-refractivity contribution in [2.45, 2.75) is 6.92 Å². The summed E-state index contributed by atoms with van der Waals surface area (Å²) >= 11 is 0. The van der Waals surface area contributed by atoms with E-state index < -0.39 is 11.9 Å². The van der Waals surface area contributed by atoms with Crippen molar-refractivity contribution in [2.75, 3.05) is 26.4 Å². The molecular formula is C11H16O6. The molecule has 0 bridgehead atoms. The lowest BCUT2D eigenvalue weighted by Crippen LogP contribution is -2.12. The van der Waals surface area contributed by atoms with Gasteiger partial charge in [-0.2, -0.15) is 0 Å². The van der Waals surface area contributed by atoms with E-state index in [1.165, 1.54) is 13.0 Å². The summed E-state index contributed by atoms with van der Waals surface area (Å²) in [6.07, 6.45) is 1.22. The van der Waals surface area contributed by atoms with Crippen molar-refractivity contribution >= 4 is 11.9 Å². The number of rotatable bonds is 7. The van der Waals surface area contributed by atoms with E-state index in [1.54, 1.807) is 0 Å². The first kappa shape index (κ1) is 15.3. The minimum atomic E-state index is -0.714. The number of carbonyl (C=O) groups is 2. The van der Waals surface area contributed by atoms with Crippen LogP contribution in [-0.4, -0.2) is 48.6 Å². The fourth-order valence-corrected chi connectivity index (χ4v) is 0.862. The van der Waals surface area contributed by atoms with Gasteiger partial charge in [0.2, 0.25) is 0 Å². The smallest absolute Gasteiger partial charge is 0.337 e. The number of carbonyl (C=O) groups excluding carboxylic acids is 2. The molecule has 0 amide bonds. The molecule has 6 nitrogen and oxygen atoms in total. The summed E-state index contributed by atoms with van der Waals surface area (Å²) in [6, 6.07) is 0. The van der Waals surface area contributed by atoms with Crippen LogP contribution >= 0.6 is 0 Å². The molecule has 0 aromatic carbocycles. The van der Waals surface area contributed by atoms with Crippen LogP contribution in [0, 0.1) is 0 Å². The maximum Gasteiger partial charge on any atom is 0.337 e. The van der Waals surface area contributed by atoms with Gasteiger partial charge in [0.15, 0.2) is 0 Å². The van der Waals surface area contributed by atoms with Gasteiger partial charge in [0.25, 0.3) is 0 Å². The van der Waals surface area contributed by atoms with Gasteiger partial charge in [0.1, 0.15) is 13.2 Å². The van der Waals surface area contributed by atoms with Crippen molar-refractivity contribution in [3.05, 3.63) is 23.8 Å². The monoisotopic (exact) mass is 244 g/mol. The summed E-state index contributed by atoms with van der Waals surface area (Å²) < 4.78 is 9.21. The lowest BCUT2D eigenvalue weighted by Gasteiger charge is -2.04. The molecule has 0 aromatic heterocycles. The van der Waals surface area contributed by atoms with Crippen molar-refractivity contribution in [3.63, 3.8) is 0 Å². The van der Waals surface area contributed by atoms with Gasteiger partial charge < -0.3 is 19.7 Å². The van der Waals surface area contributed by atoms with Crippen molar-refractivity contribution < 1.29 is 29.3 Å². The number of hydrogen-bond acceptors (Lipinski definition) is 6. The normalized spacial score (nSPS) is 10.9. The Balaban J connectivity index is 4.31. The van der Waals surface area contributed by atoms with Crippen LogP contribution < -0.4 is 0 Å². The van der Waals surface area contributed by atoms with E-state index in [-0.39, 0.29) is 37.6 Å². The van der Waals surface area contributed by atoms with Gasteiger partial charge in [-0.05, 0) is 13.0 Å². The van der Waals surface area contributed by atoms with E-state index in [1.807, 2.05) is 0 Å². The molecular weight excluding hydrogens is 228 g/mol. The molecule has 0 aromatic rings. The van der Waals surface area contributed by atoms with Crippen LogP contribution in [0.4, 0.5) is 0 Å². The van der Waals surface area contributed by atoms with E-state index in [9.17, 15) is 9.59 Å². The Bertz CT molecular complexity index is 318. The molecule has 0 atom stereocenters. The van der Waals surface area contributed by atoms with Crippen LogP contribution in [0.25, 0.3) is 0 Å². The standard InChI is InChI=1S/C11H16O6/c1-8(10(14)16-5-3-12)7-9(2)11(15)17-6-4-13/h7,12-13H,1,3-6H2,2H3/b9-7+. The Kier molecular flexibility index (Phi) is 7.66. The quantitative estimate of drug-likeness (QED) is 0.358. The van der Waals surface area contributed by atoms with Gasteiger partial charge >= 0.3 is 11.9 Å². The third kappa shape index (κ3) is 6.49. The van der Waals surface area contributed by atoms with Crippen molar-refractivity contribution in [1.82, 2.24) is 0 Å². The second-order valence-electron chi connectivity index (χ2n) is 3.07. The number of esters is 2. The second kappa shape index (κ2) is 8.49. The summed E-state index contributed by atoms with van der Waals surface area (Å²) in [7, 11) is 0. The number of hydrogen-bond donors (Lipinski definition) is 2. The zero-order valence-electron chi connectivity index (χ0n) is 9.64. The topological polar surface area (TPSA) is 93.1 Å². The predicted octanol–water partition coefficient (Wildman–Crippen LogP) is -0.440. The Hall–Kier alpha value is -1.66. The fraction of sp³-hybridized carbons (Fsp3) is 0.455. The predicted molar refractivity (Wildman–Crippen MR) is 59.0 cm³/mol. The molecule has 6 heteroatoms. The van der Waals surface area contributed by atoms with Crippen molar-refractivity contribution in [2.24, 2.45) is 0 Å². The first-order valence-electron chi connectivity index (χ1n) is 4.96. The van der Waals surface area contributed by atoms with Gasteiger partial charge in [-0.1, -0.05) is 6.58 Å². The summed E-state index contributed by atoms with van der Waals surface area (Å²) in [5, 5.41) is 16.9. The third-order valence-electron chi connectivity index (χ3n) is 1.62. The highest BCUT2D eigenvalue weighted by Gasteiger charge is 2.10. The van der Waals surface area contributed by atoms with E-state index in [0.29, 0.717) is 0 Å². The molecule has 0 aliphatic rings. The van der Waals surface area contributed by atoms with Crippen molar-refractivity contribution in [3.8, 4) is 0 Å². The average molecular weight is 244 g/mol. The van der Waals surface area contributed by atoms with Gasteiger partial charge in [0, 0.05) is 5.57 Å². The molecule has 0 rings (SSSR count). The molecule has 0 aliphatic carbocycles. The Morgan fingerprint density at radius 2 is 1.59 bits per heavy atom. The van der Waals surface area contributed by atoms with Crippen LogP contribution in [-0.2, 0) is 19.1 Å². The maximum absolute atomic E-state index is 11.2. The van der Waals surface area contributed by atoms with Crippen LogP contribution in [0.15, 0.2) is 23.8 Å². The molecule has 2 N–H and O–H groups in total. The first-order valence-corrected chi connectivity index (χ1v) is 4.96. The van der Waals surface area contributed by atoms with E-state index >= 15 is 0 Å². The molecule has 0 spiro atoms. The molecule has 0 fully saturated rings. The molecule has 0 saturated carbocycles. The number of ether oxygens (including phenoxy) is 2. The highest BCUT2D eigenvalue weighted by Crippen LogP contribution is 2.04. The van der Waals surface area contributed by atoms with Crippen LogP contribution in [0.5, 0.6) is 0 Å². The molecule has 17 heavy (non-hydrogen) atoms. The minimum Gasteiger partial charge on any atom is -0.460 e. The number of aliphatic hydroxyl groups is 2. The fourth-order valence-electron chi connectivity index (χ4n) is 0.862. The number of aliphatic hydroxyl groups excluding tert-OH is 2. The first-order chi connectivity index (χ1) is 8.02. The van der Waals surface area contributed by atoms with Crippen molar-refractivity contribution in [1.29, 1.82) is 0 Å². The molecule has 0 saturated heterocycles. The molecule has 0 unspecified atom stereocenters. The maximum atomic E-state index is 11.2. The Morgan fingerprint density at radius 1 is 1.12 bits per heavy atom. The Morgan fingerprint density at radius 3 is 2.06 bits per heavy atom. The highest BCUT2D eigenvalue weighted by atomic mass is 16.5. The zero-order valence-corrected chi connectivity index (χ0v) is 9.64. The molecule has 0 heterocycles. The summed E-state index contributed by atoms with van der Waals surface area (Å²) in [6.45, 7) is 4.10. The molecule has 0 aliphatic heterocycles. The minimum absolute atomic E-state index is 0.0168. The Labute approximate surface area is 99.1 Å². The summed E-state index contributed by atoms with van der Waals surface area (Å²) in [4.78, 5) is 22.4. The largest absolute Gasteiger partial charge is 0.460 e. The van der Waals surface area contributed by atoms with E-state index in [2.05, 4.69) is 16.1 Å². The van der Waals surface area contributed by atoms with Crippen LogP contribution in [0.3, 0.4) is 0 Å². The second-order valence-corrected chi connectivity index (χ2v) is 3.07. The van der Waals surface area contributed by atoms with Gasteiger partial charge in [0.05, 0.1) is 18.8 Å². The van der Waals surface area contributed by atoms with Gasteiger partial charge in [-0.25, -0.2) is 9.59 Å². The van der Waals surface area contributed by atoms with Crippen LogP contribution in [0.1, 0.15) is 6.92 Å². The van der Waals surface area contributed by atoms with Gasteiger partial charge in [-0.15, -0.1) is 0 Å². The van der Waals surface area contributed by atoms with E-state index in [0.717, 1.165) is 0 Å². The lowest BCUT2D eigenvalue weighted by molar-refractivity contribution is -0.140. The molecule has 96 valence electrons. The van der Waals surface area contributed by atoms with E-state index in [4.69, 9.17) is 10.2 Å². The van der Waals surface area contributed by atoms with Gasteiger partial charge in [-0.3, -0.25) is 0 Å². The average Bonchev–Trinajstić information content (AvgIpc) is 2.32. The summed E-state index contributed by atoms with van der Waals surface area (Å²) in [5.74, 6) is -1.36. The van der Waals surface area contributed by atoms with Crippen LogP contribution in [0.2, 0.25) is 0 Å². The summed E-state index contributed by atoms with van der Waals surface area (Å²) in [5.41, 5.74) is 0.154. The highest BCUT2D eigenvalue weighted by molar-refractivity contribution is 5.95. The molecule has 0 radical (unpaired) electrons. The lowest BCUT2D eigenvalue weighted by atomic mass is 10.2. The SMILES string of the molecule is C=C(/C=C(\C)C(=O)OCCO)C(=O)OCCO. The zero-order chi connectivity index (χ0) is 13.3.